The molecule has 3 aromatic rings. The van der Waals surface area contributed by atoms with Crippen LogP contribution in [0.15, 0.2) is 68.8 Å². The van der Waals surface area contributed by atoms with Gasteiger partial charge in [0.05, 0.1) is 23.2 Å². The first-order chi connectivity index (χ1) is 11.2. The molecular formula is C17H13ClN2OS2. The highest BCUT2D eigenvalue weighted by Gasteiger charge is 2.01. The van der Waals surface area contributed by atoms with Crippen LogP contribution in [0, 0.1) is 0 Å². The van der Waals surface area contributed by atoms with E-state index in [4.69, 9.17) is 16.3 Å². The monoisotopic (exact) mass is 360 g/mol. The Bertz CT molecular complexity index is 798. The van der Waals surface area contributed by atoms with Crippen LogP contribution < -0.4 is 4.74 Å². The van der Waals surface area contributed by atoms with Crippen molar-refractivity contribution in [2.24, 2.45) is 4.99 Å². The average molecular weight is 361 g/mol. The van der Waals surface area contributed by atoms with E-state index in [1.54, 1.807) is 42.5 Å². The molecule has 0 radical (unpaired) electrons. The number of aliphatic imine (C=N–C) groups is 1. The number of rotatable bonds is 5. The van der Waals surface area contributed by atoms with Gasteiger partial charge in [0.15, 0.2) is 0 Å². The van der Waals surface area contributed by atoms with Crippen LogP contribution in [0.2, 0.25) is 5.02 Å². The SMILES string of the molecule is COc1ccc(N=Cc2ccc(Sc3ccc(Cl)cc3)s2)cn1. The van der Waals surface area contributed by atoms with Crippen LogP contribution >= 0.6 is 34.7 Å². The van der Waals surface area contributed by atoms with Crippen molar-refractivity contribution >= 4 is 46.6 Å². The maximum absolute atomic E-state index is 5.90. The lowest BCUT2D eigenvalue weighted by atomic mass is 10.4. The minimum absolute atomic E-state index is 0.585. The van der Waals surface area contributed by atoms with Gasteiger partial charge in [0.25, 0.3) is 0 Å². The minimum atomic E-state index is 0.585. The molecule has 1 aromatic carbocycles. The third-order valence-electron chi connectivity index (χ3n) is 2.90. The second-order valence-electron chi connectivity index (χ2n) is 4.53. The Morgan fingerprint density at radius 3 is 2.65 bits per heavy atom. The van der Waals surface area contributed by atoms with Crippen LogP contribution in [0.1, 0.15) is 4.88 Å². The molecule has 0 amide bonds. The Morgan fingerprint density at radius 1 is 1.13 bits per heavy atom. The third-order valence-corrected chi connectivity index (χ3v) is 5.32. The van der Waals surface area contributed by atoms with Gasteiger partial charge in [-0.15, -0.1) is 11.3 Å². The first-order valence-electron chi connectivity index (χ1n) is 6.80. The van der Waals surface area contributed by atoms with E-state index in [2.05, 4.69) is 22.1 Å². The lowest BCUT2D eigenvalue weighted by Gasteiger charge is -1.98. The number of ether oxygens (including phenoxy) is 1. The fourth-order valence-corrected chi connectivity index (χ4v) is 3.91. The molecule has 2 heterocycles. The molecule has 0 unspecified atom stereocenters. The fraction of sp³-hybridized carbons (Fsp3) is 0.0588. The van der Waals surface area contributed by atoms with E-state index >= 15 is 0 Å². The van der Waals surface area contributed by atoms with E-state index in [-0.39, 0.29) is 0 Å². The van der Waals surface area contributed by atoms with Gasteiger partial charge in [0.1, 0.15) is 0 Å². The second kappa shape index (κ2) is 7.64. The molecule has 3 nitrogen and oxygen atoms in total. The van der Waals surface area contributed by atoms with Gasteiger partial charge in [-0.05, 0) is 42.5 Å². The molecule has 0 N–H and O–H groups in total. The standard InChI is InChI=1S/C17H13ClN2OS2/c1-21-16-8-4-13(10-20-16)19-11-15-7-9-17(23-15)22-14-5-2-12(18)3-6-14/h2-11H,1H3. The van der Waals surface area contributed by atoms with Crippen LogP contribution in [0.25, 0.3) is 0 Å². The quantitative estimate of drug-likeness (QED) is 0.547. The molecule has 116 valence electrons. The van der Waals surface area contributed by atoms with E-state index in [9.17, 15) is 0 Å². The summed E-state index contributed by atoms with van der Waals surface area (Å²) >= 11 is 9.31. The zero-order valence-electron chi connectivity index (χ0n) is 12.3. The summed E-state index contributed by atoms with van der Waals surface area (Å²) in [5.41, 5.74) is 0.797. The van der Waals surface area contributed by atoms with Crippen LogP contribution in [0.3, 0.4) is 0 Å². The topological polar surface area (TPSA) is 34.5 Å². The number of aromatic nitrogens is 1. The number of pyridine rings is 1. The summed E-state index contributed by atoms with van der Waals surface area (Å²) in [4.78, 5) is 10.8. The van der Waals surface area contributed by atoms with Crippen LogP contribution in [-0.2, 0) is 0 Å². The van der Waals surface area contributed by atoms with Gasteiger partial charge in [-0.3, -0.25) is 4.99 Å². The molecule has 0 aliphatic rings. The Labute approximate surface area is 148 Å². The van der Waals surface area contributed by atoms with E-state index in [0.717, 1.165) is 15.6 Å². The van der Waals surface area contributed by atoms with Crippen molar-refractivity contribution in [3.8, 4) is 5.88 Å². The van der Waals surface area contributed by atoms with Crippen molar-refractivity contribution in [3.05, 3.63) is 64.6 Å². The van der Waals surface area contributed by atoms with Crippen LogP contribution in [0.5, 0.6) is 5.88 Å². The minimum Gasteiger partial charge on any atom is -0.481 e. The van der Waals surface area contributed by atoms with Gasteiger partial charge >= 0.3 is 0 Å². The summed E-state index contributed by atoms with van der Waals surface area (Å²) in [6.45, 7) is 0. The molecule has 0 spiro atoms. The second-order valence-corrected chi connectivity index (χ2v) is 7.46. The van der Waals surface area contributed by atoms with Crippen molar-refractivity contribution in [1.29, 1.82) is 0 Å². The molecule has 0 saturated carbocycles. The van der Waals surface area contributed by atoms with Crippen molar-refractivity contribution in [2.75, 3.05) is 7.11 Å². The molecule has 0 aliphatic carbocycles. The maximum Gasteiger partial charge on any atom is 0.213 e. The number of benzene rings is 1. The van der Waals surface area contributed by atoms with Gasteiger partial charge in [-0.25, -0.2) is 4.98 Å². The molecule has 6 heteroatoms. The molecule has 2 aromatic heterocycles. The predicted octanol–water partition coefficient (Wildman–Crippen LogP) is 5.71. The molecule has 0 bridgehead atoms. The molecule has 0 atom stereocenters. The summed E-state index contributed by atoms with van der Waals surface area (Å²) in [6.07, 6.45) is 3.53. The third kappa shape index (κ3) is 4.58. The van der Waals surface area contributed by atoms with Crippen molar-refractivity contribution < 1.29 is 4.74 Å². The highest BCUT2D eigenvalue weighted by Crippen LogP contribution is 2.33. The molecule has 3 rings (SSSR count). The number of nitrogens with zero attached hydrogens (tertiary/aromatic N) is 2. The van der Waals surface area contributed by atoms with E-state index in [1.807, 2.05) is 36.5 Å². The van der Waals surface area contributed by atoms with Gasteiger partial charge in [-0.2, -0.15) is 0 Å². The van der Waals surface area contributed by atoms with Crippen LogP contribution in [0.4, 0.5) is 5.69 Å². The highest BCUT2D eigenvalue weighted by atomic mass is 35.5. The predicted molar refractivity (Wildman–Crippen MR) is 97.9 cm³/mol. The number of methoxy groups -OCH3 is 1. The van der Waals surface area contributed by atoms with Gasteiger partial charge < -0.3 is 4.74 Å². The Kier molecular flexibility index (Phi) is 5.33. The first-order valence-corrected chi connectivity index (χ1v) is 8.81. The lowest BCUT2D eigenvalue weighted by Crippen LogP contribution is -1.84. The van der Waals surface area contributed by atoms with Crippen molar-refractivity contribution in [1.82, 2.24) is 4.98 Å². The number of hydrogen-bond acceptors (Lipinski definition) is 5. The summed E-state index contributed by atoms with van der Waals surface area (Å²) < 4.78 is 6.24. The van der Waals surface area contributed by atoms with Gasteiger partial charge in [0.2, 0.25) is 5.88 Å². The smallest absolute Gasteiger partial charge is 0.213 e. The Hall–Kier alpha value is -1.82. The van der Waals surface area contributed by atoms with E-state index in [0.29, 0.717) is 5.88 Å². The zero-order valence-corrected chi connectivity index (χ0v) is 14.7. The number of halogens is 1. The fourth-order valence-electron chi connectivity index (χ4n) is 1.79. The molecule has 0 saturated heterocycles. The van der Waals surface area contributed by atoms with Crippen molar-refractivity contribution in [2.45, 2.75) is 9.10 Å². The normalized spacial score (nSPS) is 11.0. The Morgan fingerprint density at radius 2 is 1.96 bits per heavy atom. The van der Waals surface area contributed by atoms with Gasteiger partial charge in [-0.1, -0.05) is 23.4 Å². The summed E-state index contributed by atoms with van der Waals surface area (Å²) in [5, 5.41) is 0.751. The van der Waals surface area contributed by atoms with Gasteiger partial charge in [0, 0.05) is 27.1 Å². The van der Waals surface area contributed by atoms with Crippen LogP contribution in [-0.4, -0.2) is 18.3 Å². The highest BCUT2D eigenvalue weighted by molar-refractivity contribution is 8.01. The van der Waals surface area contributed by atoms with Crippen molar-refractivity contribution in [3.63, 3.8) is 0 Å². The first kappa shape index (κ1) is 16.1. The number of hydrogen-bond donors (Lipinski definition) is 0. The summed E-state index contributed by atoms with van der Waals surface area (Å²) in [7, 11) is 1.59. The zero-order chi connectivity index (χ0) is 16.1. The Balaban J connectivity index is 1.66. The molecule has 23 heavy (non-hydrogen) atoms. The molecular weight excluding hydrogens is 348 g/mol. The maximum atomic E-state index is 5.90. The van der Waals surface area contributed by atoms with E-state index < -0.39 is 0 Å². The summed E-state index contributed by atoms with van der Waals surface area (Å²) in [5.74, 6) is 0.585. The molecule has 0 fully saturated rings. The largest absolute Gasteiger partial charge is 0.481 e. The number of thiophene rings is 1. The average Bonchev–Trinajstić information content (AvgIpc) is 3.03. The molecule has 0 aliphatic heterocycles. The summed E-state index contributed by atoms with van der Waals surface area (Å²) in [6, 6.07) is 15.7. The lowest BCUT2D eigenvalue weighted by molar-refractivity contribution is 0.398. The van der Waals surface area contributed by atoms with E-state index in [1.165, 1.54) is 9.10 Å².